The summed E-state index contributed by atoms with van der Waals surface area (Å²) in [5.41, 5.74) is 3.82. The van der Waals surface area contributed by atoms with E-state index in [-0.39, 0.29) is 5.56 Å². The van der Waals surface area contributed by atoms with Gasteiger partial charge in [0.2, 0.25) is 5.78 Å². The average Bonchev–Trinajstić information content (AvgIpc) is 3.46. The van der Waals surface area contributed by atoms with E-state index in [2.05, 4.69) is 30.5 Å². The van der Waals surface area contributed by atoms with Crippen LogP contribution in [-0.4, -0.2) is 29.7 Å². The first-order chi connectivity index (χ1) is 18.0. The molecule has 5 aromatic rings. The standard InChI is InChI=1S/C29H33N5O3/c1-5-7-8-12-18-37-22-17-13-16-21(19-22)33-24(20-14-10-9-11-15-20)23(6-2)34-25-26(30-28(33)34)31(3)29(36)32(4)27(25)35/h9-11,13-17,19H,5-8,12,18H2,1-4H3. The first kappa shape index (κ1) is 24.6. The van der Waals surface area contributed by atoms with Gasteiger partial charge in [-0.3, -0.25) is 22.9 Å². The van der Waals surface area contributed by atoms with E-state index in [1.165, 1.54) is 24.5 Å². The number of unbranched alkanes of at least 4 members (excludes halogenated alkanes) is 3. The summed E-state index contributed by atoms with van der Waals surface area (Å²) in [7, 11) is 3.16. The SMILES string of the molecule is CCCCCCOc1cccc(-n2c(-c3ccccc3)c(CC)n3c4c(=O)n(C)c(=O)n(C)c4nc23)c1. The van der Waals surface area contributed by atoms with Crippen LogP contribution >= 0.6 is 0 Å². The van der Waals surface area contributed by atoms with Gasteiger partial charge in [-0.15, -0.1) is 0 Å². The number of aryl methyl sites for hydroxylation is 2. The molecule has 0 saturated heterocycles. The maximum atomic E-state index is 13.3. The Morgan fingerprint density at radius 2 is 1.68 bits per heavy atom. The van der Waals surface area contributed by atoms with Crippen molar-refractivity contribution in [3.63, 3.8) is 0 Å². The number of hydrogen-bond acceptors (Lipinski definition) is 4. The molecule has 0 radical (unpaired) electrons. The smallest absolute Gasteiger partial charge is 0.332 e. The summed E-state index contributed by atoms with van der Waals surface area (Å²) >= 11 is 0. The molecular formula is C29H33N5O3. The third-order valence-electron chi connectivity index (χ3n) is 6.93. The van der Waals surface area contributed by atoms with E-state index in [4.69, 9.17) is 9.72 Å². The minimum Gasteiger partial charge on any atom is -0.494 e. The van der Waals surface area contributed by atoms with Crippen molar-refractivity contribution in [2.75, 3.05) is 6.61 Å². The molecule has 0 fully saturated rings. The molecule has 8 nitrogen and oxygen atoms in total. The molecule has 0 N–H and O–H groups in total. The normalized spacial score (nSPS) is 11.6. The zero-order valence-corrected chi connectivity index (χ0v) is 21.9. The number of nitrogens with zero attached hydrogens (tertiary/aromatic N) is 5. The van der Waals surface area contributed by atoms with Crippen molar-refractivity contribution in [1.29, 1.82) is 0 Å². The predicted octanol–water partition coefficient (Wildman–Crippen LogP) is 4.86. The summed E-state index contributed by atoms with van der Waals surface area (Å²) < 4.78 is 12.7. The Bertz CT molecular complexity index is 1690. The summed E-state index contributed by atoms with van der Waals surface area (Å²) in [6, 6.07) is 18.1. The molecule has 0 aliphatic carbocycles. The number of imidazole rings is 2. The average molecular weight is 500 g/mol. The second-order valence-corrected chi connectivity index (χ2v) is 9.38. The summed E-state index contributed by atoms with van der Waals surface area (Å²) in [4.78, 5) is 30.9. The van der Waals surface area contributed by atoms with Gasteiger partial charge >= 0.3 is 5.69 Å². The molecular weight excluding hydrogens is 466 g/mol. The fourth-order valence-electron chi connectivity index (χ4n) is 5.02. The first-order valence-electron chi connectivity index (χ1n) is 13.0. The molecule has 8 heteroatoms. The Morgan fingerprint density at radius 1 is 0.892 bits per heavy atom. The van der Waals surface area contributed by atoms with Crippen molar-refractivity contribution in [3.05, 3.63) is 81.1 Å². The van der Waals surface area contributed by atoms with Crippen LogP contribution in [-0.2, 0) is 20.5 Å². The molecule has 0 bridgehead atoms. The number of fused-ring (bicyclic) bond motifs is 3. The largest absolute Gasteiger partial charge is 0.494 e. The van der Waals surface area contributed by atoms with Crippen LogP contribution in [0.15, 0.2) is 64.2 Å². The molecule has 0 aliphatic rings. The van der Waals surface area contributed by atoms with Gasteiger partial charge in [0.25, 0.3) is 5.56 Å². The van der Waals surface area contributed by atoms with Gasteiger partial charge in [0.1, 0.15) is 5.75 Å². The zero-order chi connectivity index (χ0) is 26.1. The maximum absolute atomic E-state index is 13.3. The molecule has 37 heavy (non-hydrogen) atoms. The molecule has 3 heterocycles. The molecule has 192 valence electrons. The third kappa shape index (κ3) is 4.16. The Balaban J connectivity index is 1.78. The number of benzene rings is 2. The van der Waals surface area contributed by atoms with Crippen molar-refractivity contribution in [2.45, 2.75) is 46.0 Å². The Labute approximate surface area is 215 Å². The molecule has 0 atom stereocenters. The summed E-state index contributed by atoms with van der Waals surface area (Å²) in [5, 5.41) is 0. The molecule has 2 aromatic carbocycles. The fraction of sp³-hybridized carbons (Fsp3) is 0.345. The van der Waals surface area contributed by atoms with Crippen molar-refractivity contribution in [2.24, 2.45) is 14.1 Å². The monoisotopic (exact) mass is 499 g/mol. The van der Waals surface area contributed by atoms with Gasteiger partial charge in [-0.05, 0) is 25.0 Å². The topological polar surface area (TPSA) is 75.5 Å². The quantitative estimate of drug-likeness (QED) is 0.271. The highest BCUT2D eigenvalue weighted by molar-refractivity contribution is 5.81. The van der Waals surface area contributed by atoms with E-state index in [1.54, 1.807) is 7.05 Å². The van der Waals surface area contributed by atoms with Crippen LogP contribution in [0.2, 0.25) is 0 Å². The van der Waals surface area contributed by atoms with E-state index in [1.807, 2.05) is 46.9 Å². The highest BCUT2D eigenvalue weighted by Gasteiger charge is 2.26. The van der Waals surface area contributed by atoms with Crippen LogP contribution in [0.4, 0.5) is 0 Å². The van der Waals surface area contributed by atoms with Gasteiger partial charge in [-0.1, -0.05) is 69.5 Å². The van der Waals surface area contributed by atoms with Crippen LogP contribution in [0.25, 0.3) is 33.9 Å². The van der Waals surface area contributed by atoms with Crippen molar-refractivity contribution >= 4 is 16.9 Å². The van der Waals surface area contributed by atoms with Gasteiger partial charge < -0.3 is 4.74 Å². The minimum atomic E-state index is -0.399. The summed E-state index contributed by atoms with van der Waals surface area (Å²) in [5.74, 6) is 1.38. The highest BCUT2D eigenvalue weighted by atomic mass is 16.5. The molecule has 3 aromatic heterocycles. The predicted molar refractivity (Wildman–Crippen MR) is 147 cm³/mol. The lowest BCUT2D eigenvalue weighted by Gasteiger charge is -2.13. The summed E-state index contributed by atoms with van der Waals surface area (Å²) in [6.45, 7) is 4.94. The number of rotatable bonds is 9. The molecule has 0 unspecified atom stereocenters. The van der Waals surface area contributed by atoms with Crippen LogP contribution in [0.5, 0.6) is 5.75 Å². The lowest BCUT2D eigenvalue weighted by molar-refractivity contribution is 0.305. The van der Waals surface area contributed by atoms with E-state index in [0.717, 1.165) is 45.8 Å². The maximum Gasteiger partial charge on any atom is 0.332 e. The highest BCUT2D eigenvalue weighted by Crippen LogP contribution is 2.34. The molecule has 0 amide bonds. The number of ether oxygens (including phenoxy) is 1. The first-order valence-corrected chi connectivity index (χ1v) is 13.0. The van der Waals surface area contributed by atoms with Crippen LogP contribution in [0, 0.1) is 0 Å². The summed E-state index contributed by atoms with van der Waals surface area (Å²) in [6.07, 6.45) is 5.23. The van der Waals surface area contributed by atoms with Crippen LogP contribution in [0.1, 0.15) is 45.2 Å². The zero-order valence-electron chi connectivity index (χ0n) is 21.9. The fourth-order valence-corrected chi connectivity index (χ4v) is 5.02. The van der Waals surface area contributed by atoms with Gasteiger partial charge in [0, 0.05) is 25.7 Å². The third-order valence-corrected chi connectivity index (χ3v) is 6.93. The second kappa shape index (κ2) is 10.1. The lowest BCUT2D eigenvalue weighted by Crippen LogP contribution is -2.37. The molecule has 5 rings (SSSR count). The lowest BCUT2D eigenvalue weighted by atomic mass is 10.1. The molecule has 0 aliphatic heterocycles. The van der Waals surface area contributed by atoms with E-state index >= 15 is 0 Å². The second-order valence-electron chi connectivity index (χ2n) is 9.38. The van der Waals surface area contributed by atoms with Crippen molar-refractivity contribution in [3.8, 4) is 22.7 Å². The van der Waals surface area contributed by atoms with Gasteiger partial charge in [0.05, 0.1) is 23.7 Å². The Morgan fingerprint density at radius 3 is 2.41 bits per heavy atom. The van der Waals surface area contributed by atoms with Gasteiger partial charge in [-0.2, -0.15) is 4.98 Å². The Kier molecular flexibility index (Phi) is 6.74. The van der Waals surface area contributed by atoms with E-state index in [0.29, 0.717) is 30.0 Å². The van der Waals surface area contributed by atoms with Crippen molar-refractivity contribution in [1.82, 2.24) is 23.1 Å². The van der Waals surface area contributed by atoms with E-state index < -0.39 is 5.69 Å². The van der Waals surface area contributed by atoms with Crippen LogP contribution in [0.3, 0.4) is 0 Å². The number of hydrogen-bond donors (Lipinski definition) is 0. The Hall–Kier alpha value is -4.07. The molecule has 0 spiro atoms. The minimum absolute atomic E-state index is 0.360. The number of aromatic nitrogens is 5. The van der Waals surface area contributed by atoms with Gasteiger partial charge in [0.15, 0.2) is 11.2 Å². The van der Waals surface area contributed by atoms with Crippen molar-refractivity contribution < 1.29 is 4.74 Å². The van der Waals surface area contributed by atoms with E-state index in [9.17, 15) is 9.59 Å². The van der Waals surface area contributed by atoms with Crippen LogP contribution < -0.4 is 16.0 Å². The molecule has 0 saturated carbocycles. The van der Waals surface area contributed by atoms with Gasteiger partial charge in [-0.25, -0.2) is 4.79 Å².